The van der Waals surface area contributed by atoms with Gasteiger partial charge in [-0.05, 0) is 12.1 Å². The Morgan fingerprint density at radius 3 is 2.88 bits per heavy atom. The molecule has 0 aliphatic carbocycles. The zero-order chi connectivity index (χ0) is 12.0. The van der Waals surface area contributed by atoms with Crippen LogP contribution in [0.1, 0.15) is 0 Å². The molecule has 3 rings (SSSR count). The van der Waals surface area contributed by atoms with Crippen LogP contribution in [0.5, 0.6) is 0 Å². The standard InChI is InChI=1S/C12H11N3OS/c1-15(2)12-14-8-4-3-7-10(11(8)17-12)9(16)5-6-13-7/h3-6H,1-2H3,(H,13,16). The number of hydrogen-bond acceptors (Lipinski definition) is 4. The van der Waals surface area contributed by atoms with Crippen molar-refractivity contribution in [2.45, 2.75) is 0 Å². The average Bonchev–Trinajstić information content (AvgIpc) is 2.73. The van der Waals surface area contributed by atoms with E-state index < -0.39 is 0 Å². The molecule has 0 spiro atoms. The van der Waals surface area contributed by atoms with Gasteiger partial charge in [0.2, 0.25) is 0 Å². The molecule has 0 saturated carbocycles. The van der Waals surface area contributed by atoms with Gasteiger partial charge in [-0.15, -0.1) is 0 Å². The number of benzene rings is 1. The third-order valence-corrected chi connectivity index (χ3v) is 3.91. The van der Waals surface area contributed by atoms with Gasteiger partial charge in [0.05, 0.1) is 21.1 Å². The normalized spacial score (nSPS) is 11.2. The lowest BCUT2D eigenvalue weighted by Gasteiger charge is -2.04. The molecule has 86 valence electrons. The molecule has 0 aliphatic rings. The molecule has 1 aromatic carbocycles. The molecular formula is C12H11N3OS. The van der Waals surface area contributed by atoms with Crippen molar-refractivity contribution in [1.82, 2.24) is 9.97 Å². The zero-order valence-electron chi connectivity index (χ0n) is 9.52. The van der Waals surface area contributed by atoms with E-state index >= 15 is 0 Å². The number of hydrogen-bond donors (Lipinski definition) is 1. The number of thiazole rings is 1. The van der Waals surface area contributed by atoms with Crippen LogP contribution in [0.25, 0.3) is 21.1 Å². The van der Waals surface area contributed by atoms with Crippen molar-refractivity contribution in [3.63, 3.8) is 0 Å². The highest BCUT2D eigenvalue weighted by Gasteiger charge is 2.10. The van der Waals surface area contributed by atoms with Crippen molar-refractivity contribution in [2.24, 2.45) is 0 Å². The SMILES string of the molecule is CN(C)c1nc2ccc3[nH]ccc(=O)c3c2s1. The molecule has 0 saturated heterocycles. The average molecular weight is 245 g/mol. The van der Waals surface area contributed by atoms with E-state index in [0.29, 0.717) is 0 Å². The first-order valence-corrected chi connectivity index (χ1v) is 6.07. The largest absolute Gasteiger partial charge is 0.361 e. The minimum absolute atomic E-state index is 0.0401. The van der Waals surface area contributed by atoms with E-state index in [4.69, 9.17) is 0 Å². The Morgan fingerprint density at radius 1 is 1.29 bits per heavy atom. The van der Waals surface area contributed by atoms with E-state index in [1.165, 1.54) is 0 Å². The lowest BCUT2D eigenvalue weighted by molar-refractivity contribution is 1.11. The van der Waals surface area contributed by atoms with Gasteiger partial charge in [0, 0.05) is 26.4 Å². The van der Waals surface area contributed by atoms with Crippen molar-refractivity contribution in [1.29, 1.82) is 0 Å². The van der Waals surface area contributed by atoms with Crippen LogP contribution >= 0.6 is 11.3 Å². The number of aromatic nitrogens is 2. The zero-order valence-corrected chi connectivity index (χ0v) is 10.3. The number of pyridine rings is 1. The summed E-state index contributed by atoms with van der Waals surface area (Å²) in [6.45, 7) is 0. The molecule has 5 heteroatoms. The summed E-state index contributed by atoms with van der Waals surface area (Å²) in [5.74, 6) is 0. The predicted octanol–water partition coefficient (Wildman–Crippen LogP) is 2.20. The van der Waals surface area contributed by atoms with Crippen LogP contribution in [-0.2, 0) is 0 Å². The van der Waals surface area contributed by atoms with Gasteiger partial charge in [0.1, 0.15) is 0 Å². The maximum atomic E-state index is 11.9. The number of nitrogens with zero attached hydrogens (tertiary/aromatic N) is 2. The van der Waals surface area contributed by atoms with Crippen LogP contribution in [0.3, 0.4) is 0 Å². The first-order valence-electron chi connectivity index (χ1n) is 5.25. The van der Waals surface area contributed by atoms with Gasteiger partial charge in [-0.3, -0.25) is 4.79 Å². The summed E-state index contributed by atoms with van der Waals surface area (Å²) < 4.78 is 0.952. The quantitative estimate of drug-likeness (QED) is 0.715. The summed E-state index contributed by atoms with van der Waals surface area (Å²) in [6.07, 6.45) is 1.67. The molecule has 17 heavy (non-hydrogen) atoms. The minimum atomic E-state index is 0.0401. The Hall–Kier alpha value is -1.88. The molecule has 2 aromatic heterocycles. The summed E-state index contributed by atoms with van der Waals surface area (Å²) >= 11 is 1.54. The molecule has 3 aromatic rings. The highest BCUT2D eigenvalue weighted by molar-refractivity contribution is 7.23. The van der Waals surface area contributed by atoms with Crippen LogP contribution in [-0.4, -0.2) is 24.1 Å². The minimum Gasteiger partial charge on any atom is -0.361 e. The highest BCUT2D eigenvalue weighted by atomic mass is 32.1. The fourth-order valence-electron chi connectivity index (χ4n) is 1.83. The molecule has 0 unspecified atom stereocenters. The van der Waals surface area contributed by atoms with Crippen molar-refractivity contribution in [3.8, 4) is 0 Å². The summed E-state index contributed by atoms with van der Waals surface area (Å²) in [4.78, 5) is 21.5. The number of anilines is 1. The maximum absolute atomic E-state index is 11.9. The van der Waals surface area contributed by atoms with Crippen molar-refractivity contribution >= 4 is 37.6 Å². The van der Waals surface area contributed by atoms with E-state index in [2.05, 4.69) is 9.97 Å². The molecule has 0 fully saturated rings. The fourth-order valence-corrected chi connectivity index (χ4v) is 2.87. The van der Waals surface area contributed by atoms with Crippen molar-refractivity contribution in [3.05, 3.63) is 34.6 Å². The third-order valence-electron chi connectivity index (χ3n) is 2.65. The number of fused-ring (bicyclic) bond motifs is 3. The summed E-state index contributed by atoms with van der Waals surface area (Å²) in [5, 5.41) is 1.64. The molecule has 2 heterocycles. The Balaban J connectivity index is 2.50. The van der Waals surface area contributed by atoms with Crippen LogP contribution in [0.2, 0.25) is 0 Å². The smallest absolute Gasteiger partial charge is 0.190 e. The van der Waals surface area contributed by atoms with Crippen molar-refractivity contribution in [2.75, 3.05) is 19.0 Å². The molecule has 0 amide bonds. The fraction of sp³-hybridized carbons (Fsp3) is 0.167. The van der Waals surface area contributed by atoms with E-state index in [1.807, 2.05) is 31.1 Å². The maximum Gasteiger partial charge on any atom is 0.190 e. The number of H-pyrrole nitrogens is 1. The monoisotopic (exact) mass is 245 g/mol. The second-order valence-corrected chi connectivity index (χ2v) is 5.05. The van der Waals surface area contributed by atoms with Crippen molar-refractivity contribution < 1.29 is 0 Å². The van der Waals surface area contributed by atoms with Gasteiger partial charge >= 0.3 is 0 Å². The molecule has 1 N–H and O–H groups in total. The summed E-state index contributed by atoms with van der Waals surface area (Å²) in [6, 6.07) is 5.40. The van der Waals surface area contributed by atoms with Crippen LogP contribution in [0, 0.1) is 0 Å². The number of aromatic amines is 1. The number of rotatable bonds is 1. The highest BCUT2D eigenvalue weighted by Crippen LogP contribution is 2.31. The van der Waals surface area contributed by atoms with Gasteiger partial charge in [0.15, 0.2) is 10.6 Å². The second-order valence-electron chi connectivity index (χ2n) is 4.07. The Morgan fingerprint density at radius 2 is 2.12 bits per heavy atom. The van der Waals surface area contributed by atoms with Gasteiger partial charge in [-0.2, -0.15) is 0 Å². The molecule has 0 radical (unpaired) electrons. The Bertz CT molecular complexity index is 757. The second kappa shape index (κ2) is 3.56. The third kappa shape index (κ3) is 1.51. The summed E-state index contributed by atoms with van der Waals surface area (Å²) in [5.41, 5.74) is 1.78. The lowest BCUT2D eigenvalue weighted by Crippen LogP contribution is -2.07. The van der Waals surface area contributed by atoms with Crippen LogP contribution in [0.4, 0.5) is 5.13 Å². The Labute approximate surface area is 102 Å². The van der Waals surface area contributed by atoms with E-state index in [9.17, 15) is 4.79 Å². The number of nitrogens with one attached hydrogen (secondary N) is 1. The Kier molecular flexibility index (Phi) is 2.16. The first kappa shape index (κ1) is 10.3. The summed E-state index contributed by atoms with van der Waals surface area (Å²) in [7, 11) is 3.90. The topological polar surface area (TPSA) is 49.0 Å². The van der Waals surface area contributed by atoms with E-state index in [-0.39, 0.29) is 5.43 Å². The first-order chi connectivity index (χ1) is 8.16. The predicted molar refractivity (Wildman–Crippen MR) is 72.1 cm³/mol. The lowest BCUT2D eigenvalue weighted by atomic mass is 10.2. The molecular weight excluding hydrogens is 234 g/mol. The molecule has 0 atom stereocenters. The molecule has 0 bridgehead atoms. The van der Waals surface area contributed by atoms with Crippen LogP contribution in [0.15, 0.2) is 29.2 Å². The molecule has 4 nitrogen and oxygen atoms in total. The van der Waals surface area contributed by atoms with Gasteiger partial charge in [0.25, 0.3) is 0 Å². The van der Waals surface area contributed by atoms with E-state index in [1.54, 1.807) is 23.6 Å². The van der Waals surface area contributed by atoms with Gasteiger partial charge in [-0.1, -0.05) is 11.3 Å². The molecule has 0 aliphatic heterocycles. The van der Waals surface area contributed by atoms with Gasteiger partial charge < -0.3 is 9.88 Å². The van der Waals surface area contributed by atoms with Crippen LogP contribution < -0.4 is 10.3 Å². The van der Waals surface area contributed by atoms with Gasteiger partial charge in [-0.25, -0.2) is 4.98 Å². The van der Waals surface area contributed by atoms with E-state index in [0.717, 1.165) is 26.3 Å².